The highest BCUT2D eigenvalue weighted by Crippen LogP contribution is 2.21. The predicted octanol–water partition coefficient (Wildman–Crippen LogP) is 3.41. The number of halogens is 2. The number of ether oxygens (including phenoxy) is 1. The Balaban J connectivity index is 1.42. The Hall–Kier alpha value is -3.16. The number of carbonyl (C=O) groups excluding carboxylic acids is 2. The first-order valence-electron chi connectivity index (χ1n) is 8.96. The number of hydrogen-bond donors (Lipinski definition) is 2. The summed E-state index contributed by atoms with van der Waals surface area (Å²) in [7, 11) is 0. The van der Waals surface area contributed by atoms with Crippen molar-refractivity contribution in [1.29, 1.82) is 0 Å². The summed E-state index contributed by atoms with van der Waals surface area (Å²) in [5.41, 5.74) is 2.55. The van der Waals surface area contributed by atoms with Crippen molar-refractivity contribution in [3.8, 4) is 5.75 Å². The van der Waals surface area contributed by atoms with Crippen LogP contribution in [0.15, 0.2) is 48.5 Å². The molecule has 0 bridgehead atoms. The zero-order chi connectivity index (χ0) is 19.9. The highest BCUT2D eigenvalue weighted by atomic mass is 19.3. The molecule has 0 spiro atoms. The lowest BCUT2D eigenvalue weighted by atomic mass is 10.2. The van der Waals surface area contributed by atoms with Crippen LogP contribution in [0.5, 0.6) is 5.75 Å². The summed E-state index contributed by atoms with van der Waals surface area (Å²) >= 11 is 0. The average Bonchev–Trinajstić information content (AvgIpc) is 3.12. The Kier molecular flexibility index (Phi) is 6.41. The molecule has 0 aromatic heterocycles. The van der Waals surface area contributed by atoms with Crippen LogP contribution in [0.1, 0.15) is 24.0 Å². The topological polar surface area (TPSA) is 70.7 Å². The van der Waals surface area contributed by atoms with Crippen LogP contribution in [-0.2, 0) is 17.9 Å². The van der Waals surface area contributed by atoms with Crippen LogP contribution in [0.2, 0.25) is 0 Å². The molecule has 0 unspecified atom stereocenters. The van der Waals surface area contributed by atoms with Gasteiger partial charge in [-0.05, 0) is 41.8 Å². The van der Waals surface area contributed by atoms with Crippen molar-refractivity contribution in [3.63, 3.8) is 0 Å². The number of hydrogen-bond acceptors (Lipinski definition) is 3. The van der Waals surface area contributed by atoms with Gasteiger partial charge < -0.3 is 20.3 Å². The Morgan fingerprint density at radius 1 is 1.00 bits per heavy atom. The molecule has 2 N–H and O–H groups in total. The summed E-state index contributed by atoms with van der Waals surface area (Å²) in [6.07, 6.45) is 1.47. The molecule has 1 aliphatic rings. The number of nitrogens with zero attached hydrogens (tertiary/aromatic N) is 1. The quantitative estimate of drug-likeness (QED) is 0.762. The molecule has 1 heterocycles. The van der Waals surface area contributed by atoms with Crippen LogP contribution in [0.3, 0.4) is 0 Å². The Bertz CT molecular complexity index is 810. The minimum atomic E-state index is -2.86. The fourth-order valence-corrected chi connectivity index (χ4v) is 2.93. The van der Waals surface area contributed by atoms with Crippen molar-refractivity contribution in [2.24, 2.45) is 0 Å². The first kappa shape index (κ1) is 19.6. The van der Waals surface area contributed by atoms with Gasteiger partial charge in [-0.2, -0.15) is 8.78 Å². The molecule has 28 heavy (non-hydrogen) atoms. The molecule has 148 valence electrons. The molecule has 1 aliphatic heterocycles. The smallest absolute Gasteiger partial charge is 0.387 e. The maximum atomic E-state index is 12.1. The van der Waals surface area contributed by atoms with E-state index >= 15 is 0 Å². The normalized spacial score (nSPS) is 13.7. The maximum Gasteiger partial charge on any atom is 0.387 e. The van der Waals surface area contributed by atoms with Gasteiger partial charge in [0, 0.05) is 31.7 Å². The second-order valence-corrected chi connectivity index (χ2v) is 6.37. The minimum absolute atomic E-state index is 0.0716. The Morgan fingerprint density at radius 2 is 1.57 bits per heavy atom. The molecule has 8 heteroatoms. The lowest BCUT2D eigenvalue weighted by Crippen LogP contribution is -2.34. The highest BCUT2D eigenvalue weighted by Gasteiger charge is 2.21. The van der Waals surface area contributed by atoms with Gasteiger partial charge in [-0.1, -0.05) is 24.3 Å². The number of amides is 3. The zero-order valence-electron chi connectivity index (χ0n) is 15.2. The van der Waals surface area contributed by atoms with Gasteiger partial charge >= 0.3 is 12.6 Å². The number of benzene rings is 2. The van der Waals surface area contributed by atoms with E-state index in [9.17, 15) is 18.4 Å². The molecular formula is C20H21F2N3O3. The van der Waals surface area contributed by atoms with E-state index in [0.717, 1.165) is 29.8 Å². The molecule has 0 radical (unpaired) electrons. The van der Waals surface area contributed by atoms with Gasteiger partial charge in [0.2, 0.25) is 5.91 Å². The second kappa shape index (κ2) is 9.16. The molecular weight excluding hydrogens is 368 g/mol. The van der Waals surface area contributed by atoms with E-state index in [1.165, 1.54) is 12.1 Å². The van der Waals surface area contributed by atoms with Crippen molar-refractivity contribution in [2.45, 2.75) is 32.5 Å². The summed E-state index contributed by atoms with van der Waals surface area (Å²) < 4.78 is 28.5. The van der Waals surface area contributed by atoms with Crippen molar-refractivity contribution in [3.05, 3.63) is 59.7 Å². The average molecular weight is 389 g/mol. The number of carbonyl (C=O) groups is 2. The van der Waals surface area contributed by atoms with Crippen LogP contribution in [0, 0.1) is 0 Å². The van der Waals surface area contributed by atoms with Gasteiger partial charge in [0.1, 0.15) is 5.75 Å². The first-order chi connectivity index (χ1) is 13.5. The largest absolute Gasteiger partial charge is 0.435 e. The SMILES string of the molecule is O=C(NCc1ccc(OC(F)F)cc1)NCc1ccc(N2CCCC2=O)cc1. The van der Waals surface area contributed by atoms with Crippen LogP contribution in [-0.4, -0.2) is 25.1 Å². The summed E-state index contributed by atoms with van der Waals surface area (Å²) in [5, 5.41) is 5.45. The number of rotatable bonds is 7. The van der Waals surface area contributed by atoms with Crippen molar-refractivity contribution >= 4 is 17.6 Å². The second-order valence-electron chi connectivity index (χ2n) is 6.37. The van der Waals surface area contributed by atoms with Gasteiger partial charge in [0.25, 0.3) is 0 Å². The lowest BCUT2D eigenvalue weighted by Gasteiger charge is -2.16. The molecule has 0 aliphatic carbocycles. The number of anilines is 1. The number of nitrogens with one attached hydrogen (secondary N) is 2. The third kappa shape index (κ3) is 5.42. The van der Waals surface area contributed by atoms with Crippen LogP contribution < -0.4 is 20.3 Å². The zero-order valence-corrected chi connectivity index (χ0v) is 15.2. The fourth-order valence-electron chi connectivity index (χ4n) is 2.93. The van der Waals surface area contributed by atoms with E-state index in [2.05, 4.69) is 15.4 Å². The molecule has 3 rings (SSSR count). The molecule has 1 saturated heterocycles. The van der Waals surface area contributed by atoms with E-state index in [1.807, 2.05) is 24.3 Å². The predicted molar refractivity (Wildman–Crippen MR) is 100 cm³/mol. The van der Waals surface area contributed by atoms with Crippen molar-refractivity contribution in [1.82, 2.24) is 10.6 Å². The summed E-state index contributed by atoms with van der Waals surface area (Å²) in [5.74, 6) is 0.210. The van der Waals surface area contributed by atoms with E-state index in [-0.39, 0.29) is 24.2 Å². The summed E-state index contributed by atoms with van der Waals surface area (Å²) in [6, 6.07) is 13.2. The van der Waals surface area contributed by atoms with Crippen LogP contribution in [0.25, 0.3) is 0 Å². The van der Waals surface area contributed by atoms with Crippen LogP contribution in [0.4, 0.5) is 19.3 Å². The monoisotopic (exact) mass is 389 g/mol. The minimum Gasteiger partial charge on any atom is -0.435 e. The summed E-state index contributed by atoms with van der Waals surface area (Å²) in [6.45, 7) is -1.51. The third-order valence-corrected chi connectivity index (χ3v) is 4.38. The van der Waals surface area contributed by atoms with Gasteiger partial charge in [-0.3, -0.25) is 4.79 Å². The van der Waals surface area contributed by atoms with Crippen LogP contribution >= 0.6 is 0 Å². The molecule has 2 aromatic carbocycles. The number of alkyl halides is 2. The maximum absolute atomic E-state index is 12.1. The van der Waals surface area contributed by atoms with Crippen molar-refractivity contribution < 1.29 is 23.1 Å². The van der Waals surface area contributed by atoms with Gasteiger partial charge in [0.15, 0.2) is 0 Å². The molecule has 1 fully saturated rings. The first-order valence-corrected chi connectivity index (χ1v) is 8.96. The molecule has 0 atom stereocenters. The lowest BCUT2D eigenvalue weighted by molar-refractivity contribution is -0.117. The van der Waals surface area contributed by atoms with Crippen molar-refractivity contribution in [2.75, 3.05) is 11.4 Å². The number of urea groups is 1. The highest BCUT2D eigenvalue weighted by molar-refractivity contribution is 5.95. The standard InChI is InChI=1S/C20H21F2N3O3/c21-19(22)28-17-9-5-15(6-10-17)13-24-20(27)23-12-14-3-7-16(8-4-14)25-11-1-2-18(25)26/h3-10,19H,1-2,11-13H2,(H2,23,24,27). The van der Waals surface area contributed by atoms with E-state index in [1.54, 1.807) is 17.0 Å². The molecule has 6 nitrogen and oxygen atoms in total. The third-order valence-electron chi connectivity index (χ3n) is 4.38. The van der Waals surface area contributed by atoms with E-state index < -0.39 is 6.61 Å². The molecule has 0 saturated carbocycles. The van der Waals surface area contributed by atoms with E-state index in [4.69, 9.17) is 0 Å². The van der Waals surface area contributed by atoms with E-state index in [0.29, 0.717) is 13.0 Å². The van der Waals surface area contributed by atoms with Gasteiger partial charge in [0.05, 0.1) is 0 Å². The Morgan fingerprint density at radius 3 is 2.07 bits per heavy atom. The summed E-state index contributed by atoms with van der Waals surface area (Å²) in [4.78, 5) is 25.4. The van der Waals surface area contributed by atoms with Gasteiger partial charge in [-0.25, -0.2) is 4.79 Å². The molecule has 3 amide bonds. The molecule has 2 aromatic rings. The fraction of sp³-hybridized carbons (Fsp3) is 0.300. The Labute approximate surface area is 161 Å². The van der Waals surface area contributed by atoms with Gasteiger partial charge in [-0.15, -0.1) is 0 Å².